The Morgan fingerprint density at radius 1 is 1.20 bits per heavy atom. The van der Waals surface area contributed by atoms with E-state index >= 15 is 0 Å². The van der Waals surface area contributed by atoms with Crippen LogP contribution in [-0.4, -0.2) is 11.8 Å². The number of aryl methyl sites for hydroxylation is 1. The van der Waals surface area contributed by atoms with E-state index in [1.807, 2.05) is 6.07 Å². The zero-order valence-corrected chi connectivity index (χ0v) is 12.8. The fourth-order valence-corrected chi connectivity index (χ4v) is 2.94. The highest BCUT2D eigenvalue weighted by molar-refractivity contribution is 7.99. The lowest BCUT2D eigenvalue weighted by molar-refractivity contribution is 0.623. The SMILES string of the molecule is Cc1ccc(SCC(N)Cc2cccc(F)c2Cl)cc1. The maximum absolute atomic E-state index is 13.3. The molecule has 0 spiro atoms. The molecule has 0 heterocycles. The van der Waals surface area contributed by atoms with E-state index < -0.39 is 0 Å². The van der Waals surface area contributed by atoms with Crippen molar-refractivity contribution in [3.63, 3.8) is 0 Å². The highest BCUT2D eigenvalue weighted by Crippen LogP contribution is 2.23. The van der Waals surface area contributed by atoms with Gasteiger partial charge in [0.15, 0.2) is 0 Å². The van der Waals surface area contributed by atoms with E-state index in [0.717, 1.165) is 11.3 Å². The molecule has 2 aromatic rings. The monoisotopic (exact) mass is 309 g/mol. The van der Waals surface area contributed by atoms with Crippen molar-refractivity contribution in [3.8, 4) is 0 Å². The molecule has 0 aliphatic heterocycles. The molecule has 2 aromatic carbocycles. The molecule has 0 aliphatic carbocycles. The van der Waals surface area contributed by atoms with Crippen LogP contribution >= 0.6 is 23.4 Å². The summed E-state index contributed by atoms with van der Waals surface area (Å²) in [6, 6.07) is 13.1. The predicted molar refractivity (Wildman–Crippen MR) is 85.0 cm³/mol. The lowest BCUT2D eigenvalue weighted by Crippen LogP contribution is -2.25. The van der Waals surface area contributed by atoms with Crippen LogP contribution in [0.1, 0.15) is 11.1 Å². The fraction of sp³-hybridized carbons (Fsp3) is 0.250. The van der Waals surface area contributed by atoms with Crippen molar-refractivity contribution in [1.29, 1.82) is 0 Å². The highest BCUT2D eigenvalue weighted by Gasteiger charge is 2.10. The van der Waals surface area contributed by atoms with Crippen LogP contribution in [0.3, 0.4) is 0 Å². The van der Waals surface area contributed by atoms with Crippen molar-refractivity contribution in [1.82, 2.24) is 0 Å². The molecule has 4 heteroatoms. The molecule has 0 aromatic heterocycles. The number of rotatable bonds is 5. The molecule has 0 amide bonds. The molecule has 1 unspecified atom stereocenters. The van der Waals surface area contributed by atoms with Gasteiger partial charge in [0.2, 0.25) is 0 Å². The van der Waals surface area contributed by atoms with Gasteiger partial charge in [-0.15, -0.1) is 11.8 Å². The van der Waals surface area contributed by atoms with Gasteiger partial charge in [-0.05, 0) is 37.1 Å². The summed E-state index contributed by atoms with van der Waals surface area (Å²) >= 11 is 7.64. The van der Waals surface area contributed by atoms with Crippen LogP contribution in [0.25, 0.3) is 0 Å². The molecule has 0 bridgehead atoms. The summed E-state index contributed by atoms with van der Waals surface area (Å²) in [7, 11) is 0. The summed E-state index contributed by atoms with van der Waals surface area (Å²) in [6.07, 6.45) is 0.579. The highest BCUT2D eigenvalue weighted by atomic mass is 35.5. The van der Waals surface area contributed by atoms with E-state index in [9.17, 15) is 4.39 Å². The largest absolute Gasteiger partial charge is 0.327 e. The second-order valence-electron chi connectivity index (χ2n) is 4.80. The van der Waals surface area contributed by atoms with Gasteiger partial charge in [-0.25, -0.2) is 4.39 Å². The fourth-order valence-electron chi connectivity index (χ4n) is 1.89. The smallest absolute Gasteiger partial charge is 0.142 e. The summed E-state index contributed by atoms with van der Waals surface area (Å²) in [5, 5.41) is 0.184. The first-order chi connectivity index (χ1) is 9.56. The molecule has 1 nitrogen and oxygen atoms in total. The van der Waals surface area contributed by atoms with Crippen LogP contribution in [0.5, 0.6) is 0 Å². The Hall–Kier alpha value is -1.03. The molecule has 1 atom stereocenters. The first-order valence-electron chi connectivity index (χ1n) is 6.44. The molecule has 2 N–H and O–H groups in total. The van der Waals surface area contributed by atoms with Crippen molar-refractivity contribution in [2.75, 3.05) is 5.75 Å². The molecule has 2 rings (SSSR count). The van der Waals surface area contributed by atoms with E-state index in [2.05, 4.69) is 31.2 Å². The Balaban J connectivity index is 1.91. The van der Waals surface area contributed by atoms with Crippen molar-refractivity contribution in [2.45, 2.75) is 24.3 Å². The Morgan fingerprint density at radius 2 is 1.90 bits per heavy atom. The number of nitrogens with two attached hydrogens (primary N) is 1. The van der Waals surface area contributed by atoms with Gasteiger partial charge >= 0.3 is 0 Å². The second-order valence-corrected chi connectivity index (χ2v) is 6.27. The average Bonchev–Trinajstić information content (AvgIpc) is 2.43. The summed E-state index contributed by atoms with van der Waals surface area (Å²) in [6.45, 7) is 2.06. The number of thioether (sulfide) groups is 1. The minimum absolute atomic E-state index is 0.0550. The van der Waals surface area contributed by atoms with Crippen molar-refractivity contribution < 1.29 is 4.39 Å². The van der Waals surface area contributed by atoms with E-state index in [1.165, 1.54) is 16.5 Å². The number of benzene rings is 2. The summed E-state index contributed by atoms with van der Waals surface area (Å²) in [4.78, 5) is 1.19. The molecule has 0 radical (unpaired) electrons. The maximum atomic E-state index is 13.3. The molecular formula is C16H17ClFNS. The van der Waals surface area contributed by atoms with Crippen LogP contribution in [0.15, 0.2) is 47.4 Å². The predicted octanol–water partition coefficient (Wildman–Crippen LogP) is 4.45. The van der Waals surface area contributed by atoms with Crippen LogP contribution in [0, 0.1) is 12.7 Å². The Morgan fingerprint density at radius 3 is 2.60 bits per heavy atom. The van der Waals surface area contributed by atoms with Crippen molar-refractivity contribution in [3.05, 3.63) is 64.4 Å². The minimum atomic E-state index is -0.387. The van der Waals surface area contributed by atoms with Gasteiger partial charge in [0.05, 0.1) is 5.02 Å². The summed E-state index contributed by atoms with van der Waals surface area (Å²) in [5.41, 5.74) is 8.11. The van der Waals surface area contributed by atoms with Crippen molar-refractivity contribution >= 4 is 23.4 Å². The van der Waals surface area contributed by atoms with Crippen LogP contribution in [0.2, 0.25) is 5.02 Å². The third-order valence-electron chi connectivity index (χ3n) is 3.00. The Labute approximate surface area is 128 Å². The van der Waals surface area contributed by atoms with Gasteiger partial charge < -0.3 is 5.73 Å². The summed E-state index contributed by atoms with van der Waals surface area (Å²) in [5.74, 6) is 0.387. The molecule has 0 saturated heterocycles. The topological polar surface area (TPSA) is 26.0 Å². The second kappa shape index (κ2) is 7.11. The van der Waals surface area contributed by atoms with Crippen LogP contribution in [-0.2, 0) is 6.42 Å². The zero-order chi connectivity index (χ0) is 14.5. The van der Waals surface area contributed by atoms with Crippen LogP contribution < -0.4 is 5.73 Å². The first kappa shape index (κ1) is 15.4. The number of halogens is 2. The third-order valence-corrected chi connectivity index (χ3v) is 4.62. The molecule has 20 heavy (non-hydrogen) atoms. The lowest BCUT2D eigenvalue weighted by Gasteiger charge is -2.13. The molecule has 0 saturated carbocycles. The van der Waals surface area contributed by atoms with Gasteiger partial charge in [0.25, 0.3) is 0 Å². The van der Waals surface area contributed by atoms with Crippen molar-refractivity contribution in [2.24, 2.45) is 5.73 Å². The van der Waals surface area contributed by atoms with E-state index in [-0.39, 0.29) is 16.9 Å². The van der Waals surface area contributed by atoms with Gasteiger partial charge in [0, 0.05) is 16.7 Å². The molecule has 0 aliphatic rings. The molecule has 106 valence electrons. The minimum Gasteiger partial charge on any atom is -0.327 e. The third kappa shape index (κ3) is 4.23. The number of hydrogen-bond acceptors (Lipinski definition) is 2. The first-order valence-corrected chi connectivity index (χ1v) is 7.80. The van der Waals surface area contributed by atoms with E-state index in [4.69, 9.17) is 17.3 Å². The molecule has 0 fully saturated rings. The van der Waals surface area contributed by atoms with Gasteiger partial charge in [-0.3, -0.25) is 0 Å². The average molecular weight is 310 g/mol. The molecular weight excluding hydrogens is 293 g/mol. The zero-order valence-electron chi connectivity index (χ0n) is 11.3. The normalized spacial score (nSPS) is 12.4. The van der Waals surface area contributed by atoms with Crippen LogP contribution in [0.4, 0.5) is 4.39 Å². The van der Waals surface area contributed by atoms with E-state index in [1.54, 1.807) is 17.8 Å². The standard InChI is InChI=1S/C16H17ClFNS/c1-11-5-7-14(8-6-11)20-10-13(19)9-12-3-2-4-15(18)16(12)17/h2-8,13H,9-10,19H2,1H3. The number of hydrogen-bond donors (Lipinski definition) is 1. The van der Waals surface area contributed by atoms with Gasteiger partial charge in [-0.1, -0.05) is 41.4 Å². The summed E-state index contributed by atoms with van der Waals surface area (Å²) < 4.78 is 13.3. The van der Waals surface area contributed by atoms with Gasteiger partial charge in [-0.2, -0.15) is 0 Å². The quantitative estimate of drug-likeness (QED) is 0.826. The van der Waals surface area contributed by atoms with E-state index in [0.29, 0.717) is 6.42 Å². The maximum Gasteiger partial charge on any atom is 0.142 e. The Bertz CT molecular complexity index is 571. The Kier molecular flexibility index (Phi) is 5.46. The lowest BCUT2D eigenvalue weighted by atomic mass is 10.1. The van der Waals surface area contributed by atoms with Gasteiger partial charge in [0.1, 0.15) is 5.82 Å².